The molecule has 158 valence electrons. The molecule has 5 heteroatoms. The van der Waals surface area contributed by atoms with Crippen molar-refractivity contribution in [2.24, 2.45) is 5.92 Å². The second-order valence-corrected chi connectivity index (χ2v) is 7.72. The molecule has 0 amide bonds. The van der Waals surface area contributed by atoms with Gasteiger partial charge in [-0.1, -0.05) is 38.1 Å². The van der Waals surface area contributed by atoms with Crippen LogP contribution in [0.2, 0.25) is 0 Å². The number of halogens is 1. The first kappa shape index (κ1) is 22.9. The lowest BCUT2D eigenvalue weighted by Crippen LogP contribution is -2.24. The van der Waals surface area contributed by atoms with E-state index >= 15 is 0 Å². The summed E-state index contributed by atoms with van der Waals surface area (Å²) < 4.78 is 23.7. The number of nitrogens with zero attached hydrogens (tertiary/aromatic N) is 1. The largest absolute Gasteiger partial charge is 0.493 e. The number of ether oxygens (including phenoxy) is 2. The summed E-state index contributed by atoms with van der Waals surface area (Å²) in [6.07, 6.45) is 2.11. The van der Waals surface area contributed by atoms with Gasteiger partial charge in [0.15, 0.2) is 0 Å². The highest BCUT2D eigenvalue weighted by atomic mass is 19.1. The van der Waals surface area contributed by atoms with E-state index in [1.54, 1.807) is 0 Å². The average molecular weight is 402 g/mol. The van der Waals surface area contributed by atoms with Gasteiger partial charge in [0.1, 0.15) is 11.6 Å². The minimum absolute atomic E-state index is 0.174. The molecule has 29 heavy (non-hydrogen) atoms. The monoisotopic (exact) mass is 401 g/mol. The molecular formula is C24H32FNO3. The Hall–Kier alpha value is -2.40. The first-order chi connectivity index (χ1) is 14.0. The van der Waals surface area contributed by atoms with Crippen molar-refractivity contribution in [2.75, 3.05) is 20.3 Å². The number of benzene rings is 2. The fourth-order valence-corrected chi connectivity index (χ4v) is 2.98. The molecule has 0 aliphatic heterocycles. The van der Waals surface area contributed by atoms with Crippen LogP contribution in [-0.4, -0.2) is 31.1 Å². The van der Waals surface area contributed by atoms with Crippen molar-refractivity contribution in [1.29, 1.82) is 0 Å². The summed E-state index contributed by atoms with van der Waals surface area (Å²) in [5, 5.41) is 0. The Kier molecular flexibility index (Phi) is 9.65. The Balaban J connectivity index is 1.95. The van der Waals surface area contributed by atoms with Crippen LogP contribution in [0.15, 0.2) is 48.5 Å². The van der Waals surface area contributed by atoms with Gasteiger partial charge in [-0.15, -0.1) is 0 Å². The van der Waals surface area contributed by atoms with Crippen LogP contribution in [0.5, 0.6) is 5.75 Å². The number of hydrogen-bond donors (Lipinski definition) is 0. The Bertz CT molecular complexity index is 729. The molecule has 2 aromatic carbocycles. The van der Waals surface area contributed by atoms with E-state index in [0.29, 0.717) is 18.9 Å². The van der Waals surface area contributed by atoms with E-state index in [1.165, 1.54) is 24.8 Å². The van der Waals surface area contributed by atoms with Crippen molar-refractivity contribution in [3.63, 3.8) is 0 Å². The Labute approximate surface area is 173 Å². The summed E-state index contributed by atoms with van der Waals surface area (Å²) in [4.78, 5) is 13.6. The molecule has 2 aromatic rings. The van der Waals surface area contributed by atoms with Gasteiger partial charge in [-0.3, -0.25) is 9.69 Å². The molecule has 0 N–H and O–H groups in total. The molecule has 0 atom stereocenters. The van der Waals surface area contributed by atoms with Crippen LogP contribution in [0.25, 0.3) is 0 Å². The highest BCUT2D eigenvalue weighted by Crippen LogP contribution is 2.17. The summed E-state index contributed by atoms with van der Waals surface area (Å²) >= 11 is 0. The van der Waals surface area contributed by atoms with Gasteiger partial charge in [0.2, 0.25) is 0 Å². The molecule has 0 saturated carbocycles. The molecule has 4 nitrogen and oxygen atoms in total. The normalized spacial score (nSPS) is 11.1. The first-order valence-electron chi connectivity index (χ1n) is 10.2. The lowest BCUT2D eigenvalue weighted by Gasteiger charge is -2.23. The van der Waals surface area contributed by atoms with E-state index in [4.69, 9.17) is 9.47 Å². The number of unbranched alkanes of at least 4 members (excludes halogenated alkanes) is 1. The lowest BCUT2D eigenvalue weighted by atomic mass is 10.1. The first-order valence-corrected chi connectivity index (χ1v) is 10.2. The summed E-state index contributed by atoms with van der Waals surface area (Å²) in [5.74, 6) is 0.971. The number of rotatable bonds is 12. The fourth-order valence-electron chi connectivity index (χ4n) is 2.98. The third kappa shape index (κ3) is 9.09. The zero-order chi connectivity index (χ0) is 21.1. The Morgan fingerprint density at radius 2 is 1.55 bits per heavy atom. The van der Waals surface area contributed by atoms with Crippen LogP contribution in [-0.2, 0) is 22.6 Å². The van der Waals surface area contributed by atoms with Crippen molar-refractivity contribution in [2.45, 2.75) is 46.2 Å². The fraction of sp³-hybridized carbons (Fsp3) is 0.458. The molecule has 0 spiro atoms. The summed E-state index contributed by atoms with van der Waals surface area (Å²) in [7, 11) is 1.41. The smallest absolute Gasteiger partial charge is 0.305 e. The maximum Gasteiger partial charge on any atom is 0.305 e. The molecule has 0 aliphatic carbocycles. The molecule has 0 bridgehead atoms. The third-order valence-corrected chi connectivity index (χ3v) is 4.57. The molecule has 2 rings (SSSR count). The highest BCUT2D eigenvalue weighted by molar-refractivity contribution is 5.68. The van der Waals surface area contributed by atoms with Gasteiger partial charge >= 0.3 is 5.97 Å². The Morgan fingerprint density at radius 1 is 0.966 bits per heavy atom. The van der Waals surface area contributed by atoms with Crippen LogP contribution >= 0.6 is 0 Å². The van der Waals surface area contributed by atoms with Gasteiger partial charge in [0.05, 0.1) is 13.7 Å². The number of carbonyl (C=O) groups is 1. The minimum atomic E-state index is -0.227. The van der Waals surface area contributed by atoms with E-state index in [1.807, 2.05) is 24.3 Å². The SMILES string of the molecule is COC(=O)CCCCN(Cc1ccc(F)cc1)Cc1ccc(OCC(C)C)cc1. The predicted octanol–water partition coefficient (Wildman–Crippen LogP) is 5.21. The number of methoxy groups -OCH3 is 1. The maximum absolute atomic E-state index is 13.2. The number of carbonyl (C=O) groups excluding carboxylic acids is 1. The molecule has 0 unspecified atom stereocenters. The van der Waals surface area contributed by atoms with Crippen LogP contribution in [0.3, 0.4) is 0 Å². The molecular weight excluding hydrogens is 369 g/mol. The van der Waals surface area contributed by atoms with E-state index in [0.717, 1.165) is 43.8 Å². The van der Waals surface area contributed by atoms with E-state index in [2.05, 4.69) is 30.9 Å². The van der Waals surface area contributed by atoms with Crippen LogP contribution < -0.4 is 4.74 Å². The van der Waals surface area contributed by atoms with Gasteiger partial charge in [-0.25, -0.2) is 4.39 Å². The zero-order valence-corrected chi connectivity index (χ0v) is 17.7. The molecule has 0 aromatic heterocycles. The Morgan fingerprint density at radius 3 is 2.10 bits per heavy atom. The van der Waals surface area contributed by atoms with Gasteiger partial charge in [0, 0.05) is 19.5 Å². The van der Waals surface area contributed by atoms with Gasteiger partial charge in [0.25, 0.3) is 0 Å². The van der Waals surface area contributed by atoms with Gasteiger partial charge < -0.3 is 9.47 Å². The second kappa shape index (κ2) is 12.2. The van der Waals surface area contributed by atoms with E-state index in [9.17, 15) is 9.18 Å². The third-order valence-electron chi connectivity index (χ3n) is 4.57. The van der Waals surface area contributed by atoms with Gasteiger partial charge in [-0.05, 0) is 60.7 Å². The van der Waals surface area contributed by atoms with Crippen LogP contribution in [0.4, 0.5) is 4.39 Å². The second-order valence-electron chi connectivity index (χ2n) is 7.72. The predicted molar refractivity (Wildman–Crippen MR) is 113 cm³/mol. The molecule has 0 saturated heterocycles. The quantitative estimate of drug-likeness (QED) is 0.362. The van der Waals surface area contributed by atoms with Crippen molar-refractivity contribution in [3.8, 4) is 5.75 Å². The van der Waals surface area contributed by atoms with Crippen molar-refractivity contribution in [3.05, 3.63) is 65.5 Å². The summed E-state index contributed by atoms with van der Waals surface area (Å²) in [6.45, 7) is 7.31. The standard InChI is InChI=1S/C24H32FNO3/c1-19(2)18-29-23-13-9-21(10-14-23)17-26(15-5-4-6-24(27)28-3)16-20-7-11-22(25)12-8-20/h7-14,19H,4-6,15-18H2,1-3H3. The molecule has 0 aliphatic rings. The van der Waals surface area contributed by atoms with Gasteiger partial charge in [-0.2, -0.15) is 0 Å². The molecule has 0 fully saturated rings. The van der Waals surface area contributed by atoms with E-state index in [-0.39, 0.29) is 11.8 Å². The summed E-state index contributed by atoms with van der Waals surface area (Å²) in [6, 6.07) is 14.8. The average Bonchev–Trinajstić information content (AvgIpc) is 2.72. The number of hydrogen-bond acceptors (Lipinski definition) is 4. The highest BCUT2D eigenvalue weighted by Gasteiger charge is 2.09. The minimum Gasteiger partial charge on any atom is -0.493 e. The van der Waals surface area contributed by atoms with Crippen molar-refractivity contribution >= 4 is 5.97 Å². The zero-order valence-electron chi connectivity index (χ0n) is 17.7. The lowest BCUT2D eigenvalue weighted by molar-refractivity contribution is -0.140. The van der Waals surface area contributed by atoms with Crippen molar-refractivity contribution < 1.29 is 18.7 Å². The molecule has 0 radical (unpaired) electrons. The summed E-state index contributed by atoms with van der Waals surface area (Å²) in [5.41, 5.74) is 2.26. The van der Waals surface area contributed by atoms with Crippen LogP contribution in [0.1, 0.15) is 44.2 Å². The van der Waals surface area contributed by atoms with Crippen LogP contribution in [0, 0.1) is 11.7 Å². The number of esters is 1. The maximum atomic E-state index is 13.2. The topological polar surface area (TPSA) is 38.8 Å². The van der Waals surface area contributed by atoms with E-state index < -0.39 is 0 Å². The molecule has 0 heterocycles. The van der Waals surface area contributed by atoms with Crippen molar-refractivity contribution in [1.82, 2.24) is 4.90 Å².